The number of rotatable bonds is 3. The van der Waals surface area contributed by atoms with Crippen molar-refractivity contribution in [3.8, 4) is 10.7 Å². The van der Waals surface area contributed by atoms with E-state index in [0.717, 1.165) is 22.2 Å². The van der Waals surface area contributed by atoms with Crippen LogP contribution in [0.3, 0.4) is 0 Å². The zero-order valence-electron chi connectivity index (χ0n) is 9.31. The average Bonchev–Trinajstić information content (AvgIpc) is 2.87. The van der Waals surface area contributed by atoms with Crippen molar-refractivity contribution < 1.29 is 4.52 Å². The van der Waals surface area contributed by atoms with E-state index in [1.54, 1.807) is 11.3 Å². The largest absolute Gasteiger partial charge is 0.337 e. The van der Waals surface area contributed by atoms with Crippen LogP contribution in [0.1, 0.15) is 25.7 Å². The number of nitrogens with two attached hydrogens (primary N) is 1. The third kappa shape index (κ3) is 2.05. The molecule has 1 fully saturated rings. The molecule has 3 rings (SSSR count). The third-order valence-corrected chi connectivity index (χ3v) is 4.79. The number of nitrogens with zero attached hydrogens (tertiary/aromatic N) is 2. The van der Waals surface area contributed by atoms with E-state index in [0.29, 0.717) is 17.6 Å². The summed E-state index contributed by atoms with van der Waals surface area (Å²) in [4.78, 5) is 5.40. The number of aromatic nitrogens is 2. The lowest BCUT2D eigenvalue weighted by Crippen LogP contribution is -2.35. The summed E-state index contributed by atoms with van der Waals surface area (Å²) in [5.41, 5.74) is 5.75. The van der Waals surface area contributed by atoms with Crippen LogP contribution >= 0.6 is 27.3 Å². The van der Waals surface area contributed by atoms with Crippen LogP contribution in [0.5, 0.6) is 0 Å². The van der Waals surface area contributed by atoms with E-state index in [4.69, 9.17) is 10.3 Å². The van der Waals surface area contributed by atoms with Gasteiger partial charge in [0.15, 0.2) is 0 Å². The molecule has 1 saturated carbocycles. The van der Waals surface area contributed by atoms with Gasteiger partial charge in [-0.05, 0) is 47.7 Å². The van der Waals surface area contributed by atoms with Crippen molar-refractivity contribution in [2.24, 2.45) is 11.7 Å². The minimum absolute atomic E-state index is 0.478. The highest BCUT2D eigenvalue weighted by Crippen LogP contribution is 2.43. The standard InChI is InChI=1S/C11H12BrN3OS/c1-11(13,6-2-3-6)10-14-9(15-16-10)8-4-7(12)5-17-8/h4-6H,2-3,13H2,1H3. The van der Waals surface area contributed by atoms with E-state index in [1.807, 2.05) is 18.4 Å². The Morgan fingerprint density at radius 1 is 1.59 bits per heavy atom. The molecule has 1 unspecified atom stereocenters. The van der Waals surface area contributed by atoms with Crippen molar-refractivity contribution in [2.45, 2.75) is 25.3 Å². The zero-order valence-corrected chi connectivity index (χ0v) is 11.7. The Balaban J connectivity index is 1.92. The first-order chi connectivity index (χ1) is 8.07. The molecule has 2 aromatic rings. The molecule has 1 aliphatic carbocycles. The molecular weight excluding hydrogens is 302 g/mol. The van der Waals surface area contributed by atoms with Crippen molar-refractivity contribution in [3.63, 3.8) is 0 Å². The van der Waals surface area contributed by atoms with Gasteiger partial charge in [-0.2, -0.15) is 4.98 Å². The van der Waals surface area contributed by atoms with Gasteiger partial charge in [0.2, 0.25) is 11.7 Å². The minimum atomic E-state index is -0.486. The summed E-state index contributed by atoms with van der Waals surface area (Å²) in [6.07, 6.45) is 2.30. The van der Waals surface area contributed by atoms with Crippen LogP contribution in [0, 0.1) is 5.92 Å². The second kappa shape index (κ2) is 3.90. The minimum Gasteiger partial charge on any atom is -0.337 e. The van der Waals surface area contributed by atoms with Gasteiger partial charge in [-0.15, -0.1) is 11.3 Å². The molecule has 0 aliphatic heterocycles. The summed E-state index contributed by atoms with van der Waals surface area (Å²) in [6.45, 7) is 1.96. The molecule has 0 spiro atoms. The fourth-order valence-corrected chi connectivity index (χ4v) is 3.18. The number of thiophene rings is 1. The highest BCUT2D eigenvalue weighted by atomic mass is 79.9. The summed E-state index contributed by atoms with van der Waals surface area (Å²) in [7, 11) is 0. The third-order valence-electron chi connectivity index (χ3n) is 3.10. The van der Waals surface area contributed by atoms with Gasteiger partial charge in [-0.25, -0.2) is 0 Å². The lowest BCUT2D eigenvalue weighted by atomic mass is 9.97. The first-order valence-electron chi connectivity index (χ1n) is 5.45. The molecule has 0 bridgehead atoms. The first kappa shape index (κ1) is 11.4. The summed E-state index contributed by atoms with van der Waals surface area (Å²) in [5.74, 6) is 1.64. The van der Waals surface area contributed by atoms with Gasteiger partial charge in [-0.3, -0.25) is 0 Å². The van der Waals surface area contributed by atoms with E-state index >= 15 is 0 Å². The van der Waals surface area contributed by atoms with Crippen molar-refractivity contribution >= 4 is 27.3 Å². The highest BCUT2D eigenvalue weighted by Gasteiger charge is 2.43. The molecule has 0 amide bonds. The summed E-state index contributed by atoms with van der Waals surface area (Å²) in [5, 5.41) is 5.99. The molecule has 6 heteroatoms. The quantitative estimate of drug-likeness (QED) is 0.945. The molecule has 1 atom stereocenters. The van der Waals surface area contributed by atoms with Gasteiger partial charge in [0.1, 0.15) is 0 Å². The van der Waals surface area contributed by atoms with Gasteiger partial charge >= 0.3 is 0 Å². The number of hydrogen-bond donors (Lipinski definition) is 1. The van der Waals surface area contributed by atoms with Gasteiger partial charge in [0, 0.05) is 9.85 Å². The fraction of sp³-hybridized carbons (Fsp3) is 0.455. The van der Waals surface area contributed by atoms with Crippen LogP contribution < -0.4 is 5.73 Å². The Hall–Kier alpha value is -0.720. The van der Waals surface area contributed by atoms with E-state index in [2.05, 4.69) is 26.1 Å². The Labute approximate surface area is 111 Å². The molecule has 17 heavy (non-hydrogen) atoms. The Bertz CT molecular complexity index is 544. The SMILES string of the molecule is CC(N)(c1nc(-c2cc(Br)cs2)no1)C1CC1. The fourth-order valence-electron chi connectivity index (χ4n) is 1.83. The van der Waals surface area contributed by atoms with E-state index in [9.17, 15) is 0 Å². The normalized spacial score (nSPS) is 19.2. The van der Waals surface area contributed by atoms with E-state index < -0.39 is 5.54 Å². The first-order valence-corrected chi connectivity index (χ1v) is 7.12. The predicted molar refractivity (Wildman–Crippen MR) is 69.6 cm³/mol. The highest BCUT2D eigenvalue weighted by molar-refractivity contribution is 9.10. The van der Waals surface area contributed by atoms with Crippen molar-refractivity contribution in [1.82, 2.24) is 10.1 Å². The molecular formula is C11H12BrN3OS. The van der Waals surface area contributed by atoms with Crippen LogP contribution in [0.25, 0.3) is 10.7 Å². The van der Waals surface area contributed by atoms with Gasteiger partial charge in [0.25, 0.3) is 0 Å². The van der Waals surface area contributed by atoms with Crippen LogP contribution in [0.15, 0.2) is 20.4 Å². The maximum atomic E-state index is 6.24. The van der Waals surface area contributed by atoms with E-state index in [-0.39, 0.29) is 0 Å². The molecule has 0 aromatic carbocycles. The second-order valence-corrected chi connectivity index (χ2v) is 6.44. The maximum Gasteiger partial charge on any atom is 0.247 e. The lowest BCUT2D eigenvalue weighted by molar-refractivity contribution is 0.273. The Morgan fingerprint density at radius 2 is 2.35 bits per heavy atom. The van der Waals surface area contributed by atoms with Gasteiger partial charge in [0.05, 0.1) is 10.4 Å². The summed E-state index contributed by atoms with van der Waals surface area (Å²) >= 11 is 4.99. The van der Waals surface area contributed by atoms with Crippen molar-refractivity contribution in [1.29, 1.82) is 0 Å². The maximum absolute atomic E-state index is 6.24. The molecule has 0 radical (unpaired) electrons. The molecule has 4 nitrogen and oxygen atoms in total. The average molecular weight is 314 g/mol. The predicted octanol–water partition coefficient (Wildman–Crippen LogP) is 3.14. The van der Waals surface area contributed by atoms with Crippen LogP contribution in [0.2, 0.25) is 0 Å². The number of hydrogen-bond acceptors (Lipinski definition) is 5. The summed E-state index contributed by atoms with van der Waals surface area (Å²) < 4.78 is 6.33. The molecule has 0 saturated heterocycles. The van der Waals surface area contributed by atoms with Crippen LogP contribution in [-0.4, -0.2) is 10.1 Å². The van der Waals surface area contributed by atoms with E-state index in [1.165, 1.54) is 0 Å². The second-order valence-electron chi connectivity index (χ2n) is 4.61. The van der Waals surface area contributed by atoms with Crippen molar-refractivity contribution in [2.75, 3.05) is 0 Å². The Morgan fingerprint density at radius 3 is 2.94 bits per heavy atom. The van der Waals surface area contributed by atoms with Crippen LogP contribution in [0.4, 0.5) is 0 Å². The molecule has 2 aromatic heterocycles. The Kier molecular flexibility index (Phi) is 2.61. The van der Waals surface area contributed by atoms with Crippen molar-refractivity contribution in [3.05, 3.63) is 21.8 Å². The molecule has 2 heterocycles. The van der Waals surface area contributed by atoms with Crippen LogP contribution in [-0.2, 0) is 5.54 Å². The zero-order chi connectivity index (χ0) is 12.0. The van der Waals surface area contributed by atoms with Gasteiger partial charge in [-0.1, -0.05) is 5.16 Å². The monoisotopic (exact) mass is 313 g/mol. The van der Waals surface area contributed by atoms with Gasteiger partial charge < -0.3 is 10.3 Å². The lowest BCUT2D eigenvalue weighted by Gasteiger charge is -2.18. The molecule has 90 valence electrons. The molecule has 2 N–H and O–H groups in total. The summed E-state index contributed by atoms with van der Waals surface area (Å²) in [6, 6.07) is 1.98. The number of halogens is 1. The molecule has 1 aliphatic rings. The smallest absolute Gasteiger partial charge is 0.247 e. The topological polar surface area (TPSA) is 64.9 Å².